The highest BCUT2D eigenvalue weighted by Gasteiger charge is 2.62. The Kier molecular flexibility index (Phi) is 25.7. The van der Waals surface area contributed by atoms with Gasteiger partial charge in [0.25, 0.3) is 20.1 Å². The molecule has 22 heteroatoms. The molecule has 103 heavy (non-hydrogen) atoms. The summed E-state index contributed by atoms with van der Waals surface area (Å²) in [6, 6.07) is 63.9. The summed E-state index contributed by atoms with van der Waals surface area (Å²) in [5, 5.41) is 1.25. The Labute approximate surface area is 605 Å². The molecule has 4 aliphatic heterocycles. The summed E-state index contributed by atoms with van der Waals surface area (Å²) in [4.78, 5) is 73.7. The highest BCUT2D eigenvalue weighted by atomic mass is 28.4. The molecule has 0 spiro atoms. The van der Waals surface area contributed by atoms with Gasteiger partial charge in [0, 0.05) is 35.5 Å². The van der Waals surface area contributed by atoms with Crippen molar-refractivity contribution in [1.29, 1.82) is 0 Å². The smallest absolute Gasteiger partial charge is 0.303 e. The molecule has 4 heterocycles. The quantitative estimate of drug-likeness (QED) is 0.0177. The second kappa shape index (κ2) is 34.8. The van der Waals surface area contributed by atoms with Gasteiger partial charge in [-0.25, -0.2) is 0 Å². The molecule has 0 aliphatic carbocycles. The van der Waals surface area contributed by atoms with Crippen LogP contribution in [0.4, 0.5) is 0 Å². The van der Waals surface area contributed by atoms with E-state index < -0.39 is 143 Å². The molecule has 2 amide bonds. The second-order valence-electron chi connectivity index (χ2n) is 28.7. The van der Waals surface area contributed by atoms with Gasteiger partial charge in [0.05, 0.1) is 56.9 Å². The van der Waals surface area contributed by atoms with Crippen molar-refractivity contribution in [3.05, 3.63) is 240 Å². The zero-order valence-electron chi connectivity index (χ0n) is 60.2. The lowest BCUT2D eigenvalue weighted by molar-refractivity contribution is -0.382. The first-order valence-electron chi connectivity index (χ1n) is 35.3. The summed E-state index contributed by atoms with van der Waals surface area (Å²) in [5.41, 5.74) is 3.61. The monoisotopic (exact) mass is 1440 g/mol. The van der Waals surface area contributed by atoms with E-state index in [1.54, 1.807) is 24.3 Å². The lowest BCUT2D eigenvalue weighted by Gasteiger charge is -2.53. The highest BCUT2D eigenvalue weighted by Crippen LogP contribution is 2.43. The summed E-state index contributed by atoms with van der Waals surface area (Å²) >= 11 is 0. The number of rotatable bonds is 30. The minimum Gasteiger partial charge on any atom is -0.456 e. The fraction of sp³-hybridized carbons (Fsp3) is 0.420. The SMILES string of the molecule is CC(=O)O[C@H]1[C@@H](OC(C)=O)[C@@H](CO[Si](c2ccccc2)(c2ccccc2)C(C)(C)C)O[C@@H](O[C@H]2[C@H](O[C@@H]3O[C@@H](C)[C@@H](OCc4ccccc4)[C@@H](OCc4ccccc4)[C@@H]3OCc3ccccc3)[C@@H](N3C(=O)c4ccccc4C3=O)[C@H](OCC[Si](C)(C)C)O[C@@H]2COCc2ccccc2)[C@@H]1OC(C)=O. The van der Waals surface area contributed by atoms with E-state index in [0.717, 1.165) is 37.5 Å². The van der Waals surface area contributed by atoms with Crippen LogP contribution in [-0.4, -0.2) is 163 Å². The molecule has 0 N–H and O–H groups in total. The molecule has 0 radical (unpaired) electrons. The van der Waals surface area contributed by atoms with Crippen molar-refractivity contribution in [2.24, 2.45) is 0 Å². The van der Waals surface area contributed by atoms with Crippen LogP contribution in [0.3, 0.4) is 0 Å². The van der Waals surface area contributed by atoms with Crippen LogP contribution in [0.2, 0.25) is 30.7 Å². The number of amides is 2. The van der Waals surface area contributed by atoms with Gasteiger partial charge in [-0.3, -0.25) is 28.9 Å². The summed E-state index contributed by atoms with van der Waals surface area (Å²) in [6.07, 6.45) is -19.4. The van der Waals surface area contributed by atoms with E-state index in [9.17, 15) is 14.4 Å². The molecule has 0 aromatic heterocycles. The van der Waals surface area contributed by atoms with Gasteiger partial charge in [0.15, 0.2) is 37.2 Å². The topological polar surface area (TPSA) is 218 Å². The molecule has 4 aliphatic rings. The third-order valence-corrected chi connectivity index (χ3v) is 25.5. The van der Waals surface area contributed by atoms with Gasteiger partial charge in [-0.1, -0.05) is 235 Å². The summed E-state index contributed by atoms with van der Waals surface area (Å²) < 4.78 is 98.3. The number of nitrogens with zero attached hydrogens (tertiary/aromatic N) is 1. The average molecular weight is 1440 g/mol. The number of ether oxygens (including phenoxy) is 13. The summed E-state index contributed by atoms with van der Waals surface area (Å²) in [6.45, 7) is 18.2. The maximum Gasteiger partial charge on any atom is 0.303 e. The van der Waals surface area contributed by atoms with Crippen molar-refractivity contribution in [2.45, 2.75) is 198 Å². The highest BCUT2D eigenvalue weighted by molar-refractivity contribution is 6.99. The van der Waals surface area contributed by atoms with Crippen molar-refractivity contribution < 1.29 is 90.0 Å². The van der Waals surface area contributed by atoms with Crippen molar-refractivity contribution in [3.8, 4) is 0 Å². The van der Waals surface area contributed by atoms with Gasteiger partial charge < -0.3 is 66.0 Å². The van der Waals surface area contributed by atoms with Gasteiger partial charge in [0.1, 0.15) is 48.8 Å². The molecule has 0 bridgehead atoms. The average Bonchev–Trinajstić information content (AvgIpc) is 1.50. The summed E-state index contributed by atoms with van der Waals surface area (Å²) in [7, 11) is -5.39. The zero-order chi connectivity index (χ0) is 72.8. The lowest BCUT2D eigenvalue weighted by Crippen LogP contribution is -2.71. The molecular formula is C81H95NO19Si2. The molecule has 0 unspecified atom stereocenters. The molecule has 20 nitrogen and oxygen atoms in total. The molecule has 7 aromatic carbocycles. The van der Waals surface area contributed by atoms with E-state index >= 15 is 9.59 Å². The van der Waals surface area contributed by atoms with Gasteiger partial charge in [-0.05, 0) is 62.8 Å². The number of hydrogen-bond donors (Lipinski definition) is 0. The molecule has 546 valence electrons. The number of fused-ring (bicyclic) bond motifs is 1. The first-order chi connectivity index (χ1) is 49.6. The predicted octanol–water partition coefficient (Wildman–Crippen LogP) is 11.3. The lowest BCUT2D eigenvalue weighted by atomic mass is 9.93. The molecule has 7 aromatic rings. The Morgan fingerprint density at radius 3 is 1.30 bits per heavy atom. The van der Waals surface area contributed by atoms with Crippen molar-refractivity contribution >= 4 is 56.5 Å². The van der Waals surface area contributed by atoms with Crippen LogP contribution in [0, 0.1) is 0 Å². The normalized spacial score (nSPS) is 25.9. The Morgan fingerprint density at radius 2 is 0.825 bits per heavy atom. The van der Waals surface area contributed by atoms with Crippen LogP contribution < -0.4 is 10.4 Å². The zero-order valence-corrected chi connectivity index (χ0v) is 62.2. The first-order valence-corrected chi connectivity index (χ1v) is 40.9. The van der Waals surface area contributed by atoms with E-state index in [4.69, 9.17) is 66.0 Å². The fourth-order valence-corrected chi connectivity index (χ4v) is 19.2. The number of benzene rings is 7. The number of hydrogen-bond acceptors (Lipinski definition) is 19. The minimum atomic E-state index is -3.49. The van der Waals surface area contributed by atoms with Gasteiger partial charge in [0.2, 0.25) is 0 Å². The predicted molar refractivity (Wildman–Crippen MR) is 388 cm³/mol. The Hall–Kier alpha value is -7.92. The summed E-state index contributed by atoms with van der Waals surface area (Å²) in [5.74, 6) is -3.82. The van der Waals surface area contributed by atoms with E-state index in [1.165, 1.54) is 20.8 Å². The maximum atomic E-state index is 15.6. The third kappa shape index (κ3) is 18.8. The maximum absolute atomic E-state index is 15.6. The number of imide groups is 1. The van der Waals surface area contributed by atoms with E-state index in [1.807, 2.05) is 189 Å². The molecule has 0 saturated carbocycles. The van der Waals surface area contributed by atoms with Crippen molar-refractivity contribution in [2.75, 3.05) is 19.8 Å². The number of esters is 3. The Morgan fingerprint density at radius 1 is 0.427 bits per heavy atom. The largest absolute Gasteiger partial charge is 0.456 e. The second-order valence-corrected chi connectivity index (χ2v) is 38.6. The number of carbonyl (C=O) groups excluding carboxylic acids is 5. The van der Waals surface area contributed by atoms with E-state index in [2.05, 4.69) is 40.4 Å². The molecule has 15 atom stereocenters. The van der Waals surface area contributed by atoms with Crippen molar-refractivity contribution in [1.82, 2.24) is 4.90 Å². The molecule has 3 fully saturated rings. The molecule has 11 rings (SSSR count). The number of carbonyl (C=O) groups is 5. The van der Waals surface area contributed by atoms with Crippen LogP contribution in [-0.2, 0) is 107 Å². The Bertz CT molecular complexity index is 3810. The van der Waals surface area contributed by atoms with Crippen LogP contribution >= 0.6 is 0 Å². The minimum absolute atomic E-state index is 0.0198. The fourth-order valence-electron chi connectivity index (χ4n) is 13.9. The van der Waals surface area contributed by atoms with Crippen LogP contribution in [0.5, 0.6) is 0 Å². The molecular weight excluding hydrogens is 1350 g/mol. The van der Waals surface area contributed by atoms with Crippen LogP contribution in [0.15, 0.2) is 206 Å². The third-order valence-electron chi connectivity index (χ3n) is 18.8. The van der Waals surface area contributed by atoms with E-state index in [-0.39, 0.29) is 57.4 Å². The molecule has 3 saturated heterocycles. The van der Waals surface area contributed by atoms with Gasteiger partial charge in [-0.2, -0.15) is 0 Å². The van der Waals surface area contributed by atoms with Gasteiger partial charge >= 0.3 is 17.9 Å². The first kappa shape index (κ1) is 76.2. The van der Waals surface area contributed by atoms with Crippen molar-refractivity contribution in [3.63, 3.8) is 0 Å². The van der Waals surface area contributed by atoms with E-state index in [0.29, 0.717) is 6.04 Å². The Balaban J connectivity index is 1.10. The van der Waals surface area contributed by atoms with Crippen LogP contribution in [0.1, 0.15) is 91.4 Å². The van der Waals surface area contributed by atoms with Gasteiger partial charge in [-0.15, -0.1) is 0 Å². The standard InChI is InChI=1S/C81H95NO19Si2/c1-53-68(90-48-58-33-19-12-20-34-58)72(91-49-59-35-21-13-22-36-59)74(92-50-60-37-23-14-24-38-60)79(94-53)101-71-67(82-76(86)63-43-29-30-44-64(63)77(82)87)78(89-45-46-102(8,9)10)98-65(51-88-47-57-31-17-11-18-32-57)69(71)100-80-75(97-56(4)85)73(96-55(3)84)70(95-54(2)83)66(99-80)52-93-103(81(5,6)7,61-39-25-15-26-40-61)62-41-27-16-28-42-62/h11-44,53,65-75,78-80H,45-52H2,1-10H3/t53-,65+,66+,67+,68+,69+,70-,71+,72+,73-,74-,75+,78+,79-,80-/m0/s1. The van der Waals surface area contributed by atoms with Crippen LogP contribution in [0.25, 0.3) is 0 Å².